The Kier molecular flexibility index (Phi) is 4.74. The molecule has 0 saturated carbocycles. The van der Waals surface area contributed by atoms with Gasteiger partial charge in [-0.15, -0.1) is 0 Å². The van der Waals surface area contributed by atoms with E-state index in [1.165, 1.54) is 26.5 Å². The molecule has 1 saturated heterocycles. The van der Waals surface area contributed by atoms with Crippen LogP contribution in [0.15, 0.2) is 15.8 Å². The SMILES string of the molecule is Cc1cn([C@H]2O[C@@H](OCP(C)(C)=O)[C@H](O)[C@@H]2O)c(=O)[nH]c1=O. The number of nitrogens with one attached hydrogen (secondary N) is 1. The van der Waals surface area contributed by atoms with Gasteiger partial charge in [-0.05, 0) is 20.3 Å². The molecular formula is C12H19N2O7P. The van der Waals surface area contributed by atoms with E-state index in [4.69, 9.17) is 9.47 Å². The van der Waals surface area contributed by atoms with Gasteiger partial charge in [0.05, 0.1) is 0 Å². The third kappa shape index (κ3) is 3.56. The lowest BCUT2D eigenvalue weighted by Crippen LogP contribution is -2.38. The van der Waals surface area contributed by atoms with Crippen LogP contribution in [0, 0.1) is 6.92 Å². The summed E-state index contributed by atoms with van der Waals surface area (Å²) in [6, 6.07) is 0. The zero-order valence-corrected chi connectivity index (χ0v) is 13.3. The average Bonchev–Trinajstić information content (AvgIpc) is 2.68. The van der Waals surface area contributed by atoms with Gasteiger partial charge >= 0.3 is 5.69 Å². The fourth-order valence-electron chi connectivity index (χ4n) is 2.02. The second-order valence-electron chi connectivity index (χ2n) is 5.72. The monoisotopic (exact) mass is 334 g/mol. The fraction of sp³-hybridized carbons (Fsp3) is 0.667. The van der Waals surface area contributed by atoms with Crippen molar-refractivity contribution in [3.05, 3.63) is 32.6 Å². The lowest BCUT2D eigenvalue weighted by Gasteiger charge is -2.17. The molecule has 3 N–H and O–H groups in total. The van der Waals surface area contributed by atoms with Crippen molar-refractivity contribution in [3.63, 3.8) is 0 Å². The summed E-state index contributed by atoms with van der Waals surface area (Å²) >= 11 is 0. The summed E-state index contributed by atoms with van der Waals surface area (Å²) in [5.41, 5.74) is -1.06. The van der Waals surface area contributed by atoms with Gasteiger partial charge in [0.15, 0.2) is 12.5 Å². The van der Waals surface area contributed by atoms with E-state index in [0.29, 0.717) is 0 Å². The molecule has 4 atom stereocenters. The molecule has 0 unspecified atom stereocenters. The number of nitrogens with zero attached hydrogens (tertiary/aromatic N) is 1. The lowest BCUT2D eigenvalue weighted by atomic mass is 10.2. The van der Waals surface area contributed by atoms with Crippen LogP contribution in [0.1, 0.15) is 11.8 Å². The Labute approximate surface area is 125 Å². The summed E-state index contributed by atoms with van der Waals surface area (Å²) in [4.78, 5) is 25.2. The second kappa shape index (κ2) is 6.10. The number of ether oxygens (including phenoxy) is 2. The summed E-state index contributed by atoms with van der Waals surface area (Å²) in [7, 11) is -2.49. The third-order valence-corrected chi connectivity index (χ3v) is 3.94. The van der Waals surface area contributed by atoms with Crippen LogP contribution in [0.3, 0.4) is 0 Å². The molecule has 0 bridgehead atoms. The molecule has 2 heterocycles. The zero-order chi connectivity index (χ0) is 16.7. The van der Waals surface area contributed by atoms with E-state index >= 15 is 0 Å². The Morgan fingerprint density at radius 1 is 1.36 bits per heavy atom. The predicted octanol–water partition coefficient (Wildman–Crippen LogP) is -0.981. The molecule has 1 aliphatic rings. The molecule has 2 rings (SSSR count). The largest absolute Gasteiger partial charge is 0.385 e. The van der Waals surface area contributed by atoms with Crippen molar-refractivity contribution in [1.82, 2.24) is 9.55 Å². The van der Waals surface area contributed by atoms with Crippen molar-refractivity contribution < 1.29 is 24.3 Å². The minimum absolute atomic E-state index is 0.131. The molecule has 10 heteroatoms. The first kappa shape index (κ1) is 17.1. The molecule has 1 aromatic rings. The highest BCUT2D eigenvalue weighted by Crippen LogP contribution is 2.38. The molecular weight excluding hydrogens is 315 g/mol. The first-order valence-electron chi connectivity index (χ1n) is 6.59. The van der Waals surface area contributed by atoms with Gasteiger partial charge in [-0.3, -0.25) is 14.3 Å². The van der Waals surface area contributed by atoms with E-state index in [1.54, 1.807) is 0 Å². The van der Waals surface area contributed by atoms with Crippen molar-refractivity contribution in [2.75, 3.05) is 19.7 Å². The van der Waals surface area contributed by atoms with E-state index in [1.807, 2.05) is 0 Å². The van der Waals surface area contributed by atoms with E-state index in [0.717, 1.165) is 4.57 Å². The summed E-state index contributed by atoms with van der Waals surface area (Å²) in [5, 5.41) is 19.9. The number of aliphatic hydroxyl groups is 2. The van der Waals surface area contributed by atoms with E-state index < -0.39 is 43.1 Å². The van der Waals surface area contributed by atoms with Crippen LogP contribution >= 0.6 is 7.14 Å². The van der Waals surface area contributed by atoms with Crippen LogP contribution in [-0.2, 0) is 14.0 Å². The van der Waals surface area contributed by atoms with Crippen LogP contribution < -0.4 is 11.2 Å². The number of aryl methyl sites for hydroxylation is 1. The Morgan fingerprint density at radius 3 is 2.59 bits per heavy atom. The van der Waals surface area contributed by atoms with Crippen LogP contribution in [-0.4, -0.2) is 57.9 Å². The number of aliphatic hydroxyl groups excluding tert-OH is 2. The number of rotatable bonds is 4. The predicted molar refractivity (Wildman–Crippen MR) is 77.4 cm³/mol. The molecule has 0 amide bonds. The Morgan fingerprint density at radius 2 is 2.00 bits per heavy atom. The molecule has 1 aromatic heterocycles. The van der Waals surface area contributed by atoms with Crippen LogP contribution in [0.2, 0.25) is 0 Å². The van der Waals surface area contributed by atoms with Gasteiger partial charge in [-0.2, -0.15) is 0 Å². The molecule has 0 aliphatic carbocycles. The maximum absolute atomic E-state index is 11.8. The minimum atomic E-state index is -2.49. The Bertz CT molecular complexity index is 706. The third-order valence-electron chi connectivity index (χ3n) is 3.16. The molecule has 0 spiro atoms. The number of hydrogen-bond donors (Lipinski definition) is 3. The van der Waals surface area contributed by atoms with E-state index in [9.17, 15) is 24.4 Å². The standard InChI is InChI=1S/C12H19N2O7P/c1-6-4-14(12(18)13-9(6)17)10-7(15)8(16)11(21-10)20-5-22(2,3)19/h4,7-8,10-11,15-16H,5H2,1-3H3,(H,13,17,18)/t7-,8+,10-,11+/m0/s1. The number of aromatic nitrogens is 2. The molecule has 22 heavy (non-hydrogen) atoms. The molecule has 124 valence electrons. The van der Waals surface area contributed by atoms with Gasteiger partial charge in [0.25, 0.3) is 5.56 Å². The molecule has 0 aromatic carbocycles. The van der Waals surface area contributed by atoms with Gasteiger partial charge < -0.3 is 24.3 Å². The van der Waals surface area contributed by atoms with Gasteiger partial charge in [0.1, 0.15) is 25.7 Å². The van der Waals surface area contributed by atoms with Gasteiger partial charge in [-0.1, -0.05) is 0 Å². The first-order valence-corrected chi connectivity index (χ1v) is 9.38. The maximum Gasteiger partial charge on any atom is 0.330 e. The molecule has 9 nitrogen and oxygen atoms in total. The van der Waals surface area contributed by atoms with Gasteiger partial charge in [0.2, 0.25) is 0 Å². The van der Waals surface area contributed by atoms with Crippen LogP contribution in [0.25, 0.3) is 0 Å². The Hall–Kier alpha value is -1.25. The molecule has 1 aliphatic heterocycles. The van der Waals surface area contributed by atoms with Gasteiger partial charge in [-0.25, -0.2) is 4.79 Å². The van der Waals surface area contributed by atoms with Crippen molar-refractivity contribution in [1.29, 1.82) is 0 Å². The van der Waals surface area contributed by atoms with Gasteiger partial charge in [0, 0.05) is 11.8 Å². The Balaban J connectivity index is 2.23. The first-order chi connectivity index (χ1) is 10.1. The summed E-state index contributed by atoms with van der Waals surface area (Å²) in [6.07, 6.45) is -4.16. The smallest absolute Gasteiger partial charge is 0.330 e. The lowest BCUT2D eigenvalue weighted by molar-refractivity contribution is -0.167. The minimum Gasteiger partial charge on any atom is -0.385 e. The van der Waals surface area contributed by atoms with E-state index in [-0.39, 0.29) is 11.9 Å². The number of H-pyrrole nitrogens is 1. The summed E-state index contributed by atoms with van der Waals surface area (Å²) < 4.78 is 23.2. The maximum atomic E-state index is 11.8. The fourth-order valence-corrected chi connectivity index (χ4v) is 2.53. The van der Waals surface area contributed by atoms with E-state index in [2.05, 4.69) is 4.98 Å². The highest BCUT2D eigenvalue weighted by molar-refractivity contribution is 7.62. The highest BCUT2D eigenvalue weighted by atomic mass is 31.2. The quantitative estimate of drug-likeness (QED) is 0.603. The average molecular weight is 334 g/mol. The molecule has 1 fully saturated rings. The number of hydrogen-bond acceptors (Lipinski definition) is 7. The van der Waals surface area contributed by atoms with Crippen LogP contribution in [0.5, 0.6) is 0 Å². The van der Waals surface area contributed by atoms with Crippen molar-refractivity contribution >= 4 is 7.14 Å². The normalized spacial score (nSPS) is 29.0. The van der Waals surface area contributed by atoms with Crippen molar-refractivity contribution in [2.45, 2.75) is 31.6 Å². The highest BCUT2D eigenvalue weighted by Gasteiger charge is 2.45. The number of aromatic amines is 1. The topological polar surface area (TPSA) is 131 Å². The summed E-state index contributed by atoms with van der Waals surface area (Å²) in [5.74, 6) is 0. The van der Waals surface area contributed by atoms with Crippen molar-refractivity contribution in [2.24, 2.45) is 0 Å². The van der Waals surface area contributed by atoms with Crippen LogP contribution in [0.4, 0.5) is 0 Å². The second-order valence-corrected chi connectivity index (χ2v) is 9.13. The molecule has 0 radical (unpaired) electrons. The zero-order valence-electron chi connectivity index (χ0n) is 12.4. The summed E-state index contributed by atoms with van der Waals surface area (Å²) in [6.45, 7) is 4.51. The van der Waals surface area contributed by atoms with Crippen molar-refractivity contribution in [3.8, 4) is 0 Å².